The monoisotopic (exact) mass is 223 g/mol. The van der Waals surface area contributed by atoms with Crippen LogP contribution >= 0.6 is 0 Å². The van der Waals surface area contributed by atoms with Crippen LogP contribution in [0.4, 0.5) is 0 Å². The van der Waals surface area contributed by atoms with Gasteiger partial charge in [0.15, 0.2) is 0 Å². The maximum Gasteiger partial charge on any atom is -0.00152 e. The molecule has 1 heterocycles. The Labute approximate surface area is 101 Å². The van der Waals surface area contributed by atoms with Crippen LogP contribution in [-0.4, -0.2) is 13.1 Å². The van der Waals surface area contributed by atoms with Gasteiger partial charge in [0.1, 0.15) is 0 Å². The van der Waals surface area contributed by atoms with Gasteiger partial charge < -0.3 is 5.32 Å². The van der Waals surface area contributed by atoms with Crippen molar-refractivity contribution in [3.8, 4) is 0 Å². The maximum absolute atomic E-state index is 3.62. The van der Waals surface area contributed by atoms with E-state index in [1.807, 2.05) is 0 Å². The molecule has 1 saturated heterocycles. The van der Waals surface area contributed by atoms with Gasteiger partial charge in [-0.15, -0.1) is 0 Å². The topological polar surface area (TPSA) is 12.0 Å². The Morgan fingerprint density at radius 1 is 1.19 bits per heavy atom. The Hall–Kier alpha value is -0.0400. The fraction of sp³-hybridized carbons (Fsp3) is 1.00. The van der Waals surface area contributed by atoms with E-state index in [-0.39, 0.29) is 0 Å². The molecule has 1 aliphatic carbocycles. The summed E-state index contributed by atoms with van der Waals surface area (Å²) in [6.07, 6.45) is 11.7. The lowest BCUT2D eigenvalue weighted by atomic mass is 9.64. The van der Waals surface area contributed by atoms with E-state index in [9.17, 15) is 0 Å². The molecule has 2 fully saturated rings. The zero-order chi connectivity index (χ0) is 11.4. The largest absolute Gasteiger partial charge is 0.316 e. The minimum Gasteiger partial charge on any atom is -0.316 e. The lowest BCUT2D eigenvalue weighted by Crippen LogP contribution is -2.45. The summed E-state index contributed by atoms with van der Waals surface area (Å²) in [5.41, 5.74) is 0.728. The molecular weight excluding hydrogens is 194 g/mol. The molecule has 94 valence electrons. The molecule has 1 saturated carbocycles. The van der Waals surface area contributed by atoms with Crippen molar-refractivity contribution in [3.63, 3.8) is 0 Å². The van der Waals surface area contributed by atoms with Gasteiger partial charge in [0.25, 0.3) is 0 Å². The Balaban J connectivity index is 2.05. The van der Waals surface area contributed by atoms with E-state index in [0.717, 1.165) is 17.3 Å². The van der Waals surface area contributed by atoms with Crippen LogP contribution in [0.15, 0.2) is 0 Å². The van der Waals surface area contributed by atoms with Gasteiger partial charge in [0.05, 0.1) is 0 Å². The molecule has 0 radical (unpaired) electrons. The van der Waals surface area contributed by atoms with Crippen molar-refractivity contribution in [1.82, 2.24) is 5.32 Å². The first-order valence-electron chi connectivity index (χ1n) is 7.47. The van der Waals surface area contributed by atoms with Crippen molar-refractivity contribution in [2.45, 2.75) is 65.2 Å². The van der Waals surface area contributed by atoms with Crippen LogP contribution in [0.25, 0.3) is 0 Å². The number of piperidine rings is 1. The second kappa shape index (κ2) is 5.53. The van der Waals surface area contributed by atoms with Crippen LogP contribution in [-0.2, 0) is 0 Å². The van der Waals surface area contributed by atoms with Crippen molar-refractivity contribution in [2.24, 2.45) is 17.3 Å². The fourth-order valence-corrected chi connectivity index (χ4v) is 4.05. The van der Waals surface area contributed by atoms with Gasteiger partial charge in [-0.3, -0.25) is 0 Å². The second-order valence-electron chi connectivity index (χ2n) is 6.34. The third kappa shape index (κ3) is 2.61. The average Bonchev–Trinajstić information content (AvgIpc) is 2.46. The van der Waals surface area contributed by atoms with Crippen LogP contribution in [0.5, 0.6) is 0 Å². The highest BCUT2D eigenvalue weighted by atomic mass is 14.9. The Morgan fingerprint density at radius 2 is 2.06 bits per heavy atom. The molecule has 16 heavy (non-hydrogen) atoms. The first kappa shape index (κ1) is 12.4. The van der Waals surface area contributed by atoms with Crippen LogP contribution in [0.2, 0.25) is 0 Å². The van der Waals surface area contributed by atoms with E-state index in [1.54, 1.807) is 0 Å². The quantitative estimate of drug-likeness (QED) is 0.746. The summed E-state index contributed by atoms with van der Waals surface area (Å²) in [4.78, 5) is 0. The molecule has 0 amide bonds. The summed E-state index contributed by atoms with van der Waals surface area (Å²) in [5.74, 6) is 1.95. The molecule has 1 heteroatoms. The summed E-state index contributed by atoms with van der Waals surface area (Å²) < 4.78 is 0. The minimum absolute atomic E-state index is 0.728. The number of hydrogen-bond acceptors (Lipinski definition) is 1. The van der Waals surface area contributed by atoms with Gasteiger partial charge in [-0.05, 0) is 56.0 Å². The van der Waals surface area contributed by atoms with Crippen molar-refractivity contribution in [1.29, 1.82) is 0 Å². The molecule has 2 aliphatic rings. The fourth-order valence-electron chi connectivity index (χ4n) is 4.05. The van der Waals surface area contributed by atoms with Gasteiger partial charge >= 0.3 is 0 Å². The Morgan fingerprint density at radius 3 is 2.88 bits per heavy atom. The highest BCUT2D eigenvalue weighted by molar-refractivity contribution is 4.93. The molecule has 2 rings (SSSR count). The normalized spacial score (nSPS) is 40.9. The van der Waals surface area contributed by atoms with E-state index >= 15 is 0 Å². The van der Waals surface area contributed by atoms with E-state index in [2.05, 4.69) is 19.2 Å². The summed E-state index contributed by atoms with van der Waals surface area (Å²) in [7, 11) is 0. The molecule has 1 N–H and O–H groups in total. The van der Waals surface area contributed by atoms with E-state index in [0.29, 0.717) is 0 Å². The van der Waals surface area contributed by atoms with Crippen molar-refractivity contribution in [3.05, 3.63) is 0 Å². The molecular formula is C15H29N. The average molecular weight is 223 g/mol. The number of nitrogens with one attached hydrogen (secondary N) is 1. The second-order valence-corrected chi connectivity index (χ2v) is 6.34. The lowest BCUT2D eigenvalue weighted by molar-refractivity contribution is 0.0781. The first-order chi connectivity index (χ1) is 7.77. The lowest BCUT2D eigenvalue weighted by Gasteiger charge is -2.45. The van der Waals surface area contributed by atoms with Gasteiger partial charge in [-0.1, -0.05) is 39.5 Å². The summed E-state index contributed by atoms with van der Waals surface area (Å²) in [6.45, 7) is 7.37. The molecule has 3 atom stereocenters. The van der Waals surface area contributed by atoms with Gasteiger partial charge in [-0.25, -0.2) is 0 Å². The first-order valence-corrected chi connectivity index (χ1v) is 7.47. The van der Waals surface area contributed by atoms with E-state index in [1.165, 1.54) is 64.5 Å². The predicted octanol–water partition coefficient (Wildman–Crippen LogP) is 3.98. The summed E-state index contributed by atoms with van der Waals surface area (Å²) in [6, 6.07) is 0. The standard InChI is InChI=1S/C15H29N/c1-3-5-14-12-16-11-10-15(14)8-4-6-13(2)7-9-15/h13-14,16H,3-12H2,1-2H3. The third-order valence-electron chi connectivity index (χ3n) is 5.20. The predicted molar refractivity (Wildman–Crippen MR) is 70.6 cm³/mol. The van der Waals surface area contributed by atoms with Crippen LogP contribution in [0.1, 0.15) is 65.2 Å². The number of hydrogen-bond donors (Lipinski definition) is 1. The van der Waals surface area contributed by atoms with Crippen LogP contribution in [0, 0.1) is 17.3 Å². The SMILES string of the molecule is CCCC1CNCCC12CCCC(C)CC2. The molecule has 1 spiro atoms. The molecule has 1 aliphatic heterocycles. The zero-order valence-electron chi connectivity index (χ0n) is 11.2. The molecule has 3 unspecified atom stereocenters. The summed E-state index contributed by atoms with van der Waals surface area (Å²) >= 11 is 0. The highest BCUT2D eigenvalue weighted by Crippen LogP contribution is 2.48. The molecule has 1 nitrogen and oxygen atoms in total. The number of rotatable bonds is 2. The molecule has 0 aromatic rings. The maximum atomic E-state index is 3.62. The van der Waals surface area contributed by atoms with Gasteiger partial charge in [0.2, 0.25) is 0 Å². The minimum atomic E-state index is 0.728. The van der Waals surface area contributed by atoms with Gasteiger partial charge in [-0.2, -0.15) is 0 Å². The van der Waals surface area contributed by atoms with E-state index < -0.39 is 0 Å². The van der Waals surface area contributed by atoms with Crippen molar-refractivity contribution >= 4 is 0 Å². The molecule has 0 aromatic heterocycles. The Bertz CT molecular complexity index is 211. The molecule has 0 bridgehead atoms. The smallest absolute Gasteiger partial charge is 0.00152 e. The van der Waals surface area contributed by atoms with Crippen LogP contribution < -0.4 is 5.32 Å². The summed E-state index contributed by atoms with van der Waals surface area (Å²) in [5, 5.41) is 3.62. The zero-order valence-corrected chi connectivity index (χ0v) is 11.2. The van der Waals surface area contributed by atoms with E-state index in [4.69, 9.17) is 0 Å². The van der Waals surface area contributed by atoms with Crippen molar-refractivity contribution in [2.75, 3.05) is 13.1 Å². The highest BCUT2D eigenvalue weighted by Gasteiger charge is 2.40. The Kier molecular flexibility index (Phi) is 4.29. The third-order valence-corrected chi connectivity index (χ3v) is 5.20. The molecule has 0 aromatic carbocycles. The van der Waals surface area contributed by atoms with Gasteiger partial charge in [0, 0.05) is 0 Å². The van der Waals surface area contributed by atoms with Crippen molar-refractivity contribution < 1.29 is 0 Å². The van der Waals surface area contributed by atoms with Crippen LogP contribution in [0.3, 0.4) is 0 Å².